The number of rotatable bonds is 3. The van der Waals surface area contributed by atoms with Gasteiger partial charge in [0.05, 0.1) is 21.3 Å². The monoisotopic (exact) mass is 263 g/mol. The molecule has 0 radical (unpaired) electrons. The number of ether oxygens (including phenoxy) is 3. The average Bonchev–Trinajstić information content (AvgIpc) is 2.45. The highest BCUT2D eigenvalue weighted by Gasteiger charge is 2.21. The van der Waals surface area contributed by atoms with Crippen LogP contribution in [0, 0.1) is 0 Å². The van der Waals surface area contributed by atoms with E-state index < -0.39 is 0 Å². The molecule has 1 heterocycles. The molecule has 0 aromatic heterocycles. The van der Waals surface area contributed by atoms with E-state index in [1.54, 1.807) is 14.2 Å². The Morgan fingerprint density at radius 2 is 2.05 bits per heavy atom. The maximum absolute atomic E-state index is 11.4. The molecular weight excluding hydrogens is 246 g/mol. The number of fused-ring (bicyclic) bond motifs is 1. The zero-order valence-corrected chi connectivity index (χ0v) is 11.3. The Hall–Kier alpha value is -2.17. The third kappa shape index (κ3) is 2.50. The summed E-state index contributed by atoms with van der Waals surface area (Å²) in [6.45, 7) is 0.735. The Bertz CT molecular complexity index is 522. The van der Waals surface area contributed by atoms with E-state index in [1.165, 1.54) is 13.2 Å². The third-order valence-electron chi connectivity index (χ3n) is 3.09. The van der Waals surface area contributed by atoms with Crippen molar-refractivity contribution in [2.24, 2.45) is 0 Å². The highest BCUT2D eigenvalue weighted by atomic mass is 16.5. The lowest BCUT2D eigenvalue weighted by Gasteiger charge is -2.24. The number of hydrogen-bond donors (Lipinski definition) is 1. The van der Waals surface area contributed by atoms with Crippen molar-refractivity contribution in [3.05, 3.63) is 29.3 Å². The van der Waals surface area contributed by atoms with Crippen LogP contribution in [0.3, 0.4) is 0 Å². The molecule has 1 aromatic carbocycles. The fourth-order valence-electron chi connectivity index (χ4n) is 2.21. The fourth-order valence-corrected chi connectivity index (χ4v) is 2.21. The molecule has 0 atom stereocenters. The number of benzene rings is 1. The first-order valence-electron chi connectivity index (χ1n) is 5.99. The zero-order chi connectivity index (χ0) is 13.8. The topological polar surface area (TPSA) is 56.8 Å². The van der Waals surface area contributed by atoms with Gasteiger partial charge >= 0.3 is 5.97 Å². The van der Waals surface area contributed by atoms with Gasteiger partial charge in [0.15, 0.2) is 11.5 Å². The normalized spacial score (nSPS) is 15.4. The second-order valence-electron chi connectivity index (χ2n) is 4.09. The number of carbonyl (C=O) groups excluding carboxylic acids is 1. The third-order valence-corrected chi connectivity index (χ3v) is 3.09. The summed E-state index contributed by atoms with van der Waals surface area (Å²) in [5.74, 6) is 1.03. The SMILES string of the molecule is COC(=O)/C=C1\NCCc2c1ccc(OC)c2OC. The van der Waals surface area contributed by atoms with Gasteiger partial charge in [-0.05, 0) is 18.6 Å². The van der Waals surface area contributed by atoms with Crippen molar-refractivity contribution >= 4 is 11.7 Å². The van der Waals surface area contributed by atoms with Crippen LogP contribution in [0.15, 0.2) is 18.2 Å². The van der Waals surface area contributed by atoms with E-state index in [1.807, 2.05) is 12.1 Å². The molecular formula is C14H17NO4. The highest BCUT2D eigenvalue weighted by molar-refractivity contribution is 5.92. The van der Waals surface area contributed by atoms with Crippen molar-refractivity contribution in [2.45, 2.75) is 6.42 Å². The second-order valence-corrected chi connectivity index (χ2v) is 4.09. The Balaban J connectivity index is 2.51. The zero-order valence-electron chi connectivity index (χ0n) is 11.3. The summed E-state index contributed by atoms with van der Waals surface area (Å²) < 4.78 is 15.4. The molecule has 0 aliphatic carbocycles. The summed E-state index contributed by atoms with van der Waals surface area (Å²) in [6, 6.07) is 3.74. The Morgan fingerprint density at radius 1 is 1.26 bits per heavy atom. The number of hydrogen-bond acceptors (Lipinski definition) is 5. The summed E-state index contributed by atoms with van der Waals surface area (Å²) in [5, 5.41) is 3.19. The lowest BCUT2D eigenvalue weighted by atomic mass is 9.96. The first kappa shape index (κ1) is 13.3. The van der Waals surface area contributed by atoms with Gasteiger partial charge in [-0.1, -0.05) is 0 Å². The summed E-state index contributed by atoms with van der Waals surface area (Å²) in [7, 11) is 4.58. The largest absolute Gasteiger partial charge is 0.493 e. The van der Waals surface area contributed by atoms with Crippen LogP contribution in [-0.4, -0.2) is 33.8 Å². The molecule has 5 nitrogen and oxygen atoms in total. The van der Waals surface area contributed by atoms with Gasteiger partial charge in [-0.2, -0.15) is 0 Å². The minimum absolute atomic E-state index is 0.384. The molecule has 0 amide bonds. The smallest absolute Gasteiger partial charge is 0.332 e. The van der Waals surface area contributed by atoms with Crippen LogP contribution in [0.5, 0.6) is 11.5 Å². The maximum atomic E-state index is 11.4. The van der Waals surface area contributed by atoms with Crippen molar-refractivity contribution in [1.82, 2.24) is 5.32 Å². The number of carbonyl (C=O) groups is 1. The van der Waals surface area contributed by atoms with E-state index in [2.05, 4.69) is 10.1 Å². The van der Waals surface area contributed by atoms with Crippen LogP contribution < -0.4 is 14.8 Å². The van der Waals surface area contributed by atoms with Gasteiger partial charge in [-0.15, -0.1) is 0 Å². The molecule has 0 unspecified atom stereocenters. The molecule has 0 fully saturated rings. The lowest BCUT2D eigenvalue weighted by molar-refractivity contribution is -0.134. The van der Waals surface area contributed by atoms with Crippen molar-refractivity contribution in [3.8, 4) is 11.5 Å². The Labute approximate surface area is 112 Å². The maximum Gasteiger partial charge on any atom is 0.332 e. The molecule has 1 aromatic rings. The summed E-state index contributed by atoms with van der Waals surface area (Å²) in [6.07, 6.45) is 2.26. The minimum Gasteiger partial charge on any atom is -0.493 e. The molecule has 0 saturated heterocycles. The van der Waals surface area contributed by atoms with Crippen LogP contribution in [0.25, 0.3) is 5.70 Å². The van der Waals surface area contributed by atoms with Crippen molar-refractivity contribution in [1.29, 1.82) is 0 Å². The minimum atomic E-state index is -0.384. The summed E-state index contributed by atoms with van der Waals surface area (Å²) in [5.41, 5.74) is 2.72. The van der Waals surface area contributed by atoms with E-state index in [-0.39, 0.29) is 5.97 Å². The number of nitrogens with one attached hydrogen (secondary N) is 1. The van der Waals surface area contributed by atoms with Gasteiger partial charge in [0.1, 0.15) is 0 Å². The number of esters is 1. The molecule has 1 aliphatic heterocycles. The van der Waals surface area contributed by atoms with Crippen LogP contribution in [-0.2, 0) is 16.0 Å². The Morgan fingerprint density at radius 3 is 2.68 bits per heavy atom. The van der Waals surface area contributed by atoms with Gasteiger partial charge < -0.3 is 19.5 Å². The van der Waals surface area contributed by atoms with Gasteiger partial charge in [-0.3, -0.25) is 0 Å². The molecule has 5 heteroatoms. The molecule has 0 bridgehead atoms. The molecule has 102 valence electrons. The standard InChI is InChI=1S/C14H17NO4/c1-17-12-5-4-9-10(14(12)19-3)6-7-15-11(9)8-13(16)18-2/h4-5,8,15H,6-7H2,1-3H3/b11-8-. The van der Waals surface area contributed by atoms with Crippen molar-refractivity contribution in [2.75, 3.05) is 27.9 Å². The van der Waals surface area contributed by atoms with Gasteiger partial charge in [0.2, 0.25) is 0 Å². The average molecular weight is 263 g/mol. The highest BCUT2D eigenvalue weighted by Crippen LogP contribution is 2.37. The fraction of sp³-hybridized carbons (Fsp3) is 0.357. The van der Waals surface area contributed by atoms with E-state index in [9.17, 15) is 4.79 Å². The van der Waals surface area contributed by atoms with Crippen LogP contribution in [0.1, 0.15) is 11.1 Å². The molecule has 1 N–H and O–H groups in total. The molecule has 0 spiro atoms. The Kier molecular flexibility index (Phi) is 3.94. The van der Waals surface area contributed by atoms with Gasteiger partial charge in [-0.25, -0.2) is 4.79 Å². The van der Waals surface area contributed by atoms with Crippen LogP contribution >= 0.6 is 0 Å². The van der Waals surface area contributed by atoms with Gasteiger partial charge in [0, 0.05) is 29.4 Å². The molecule has 2 rings (SSSR count). The summed E-state index contributed by atoms with van der Waals surface area (Å²) in [4.78, 5) is 11.4. The second kappa shape index (κ2) is 5.65. The lowest BCUT2D eigenvalue weighted by Crippen LogP contribution is -2.24. The predicted molar refractivity (Wildman–Crippen MR) is 71.2 cm³/mol. The van der Waals surface area contributed by atoms with E-state index in [0.29, 0.717) is 5.75 Å². The molecule has 0 saturated carbocycles. The van der Waals surface area contributed by atoms with E-state index >= 15 is 0 Å². The quantitative estimate of drug-likeness (QED) is 0.659. The number of methoxy groups -OCH3 is 3. The van der Waals surface area contributed by atoms with Crippen LogP contribution in [0.2, 0.25) is 0 Å². The first-order chi connectivity index (χ1) is 9.21. The van der Waals surface area contributed by atoms with Crippen molar-refractivity contribution < 1.29 is 19.0 Å². The van der Waals surface area contributed by atoms with E-state index in [4.69, 9.17) is 9.47 Å². The van der Waals surface area contributed by atoms with E-state index in [0.717, 1.165) is 35.5 Å². The first-order valence-corrected chi connectivity index (χ1v) is 5.99. The predicted octanol–water partition coefficient (Wildman–Crippen LogP) is 1.36. The van der Waals surface area contributed by atoms with Crippen LogP contribution in [0.4, 0.5) is 0 Å². The summed E-state index contributed by atoms with van der Waals surface area (Å²) >= 11 is 0. The van der Waals surface area contributed by atoms with Gasteiger partial charge in [0.25, 0.3) is 0 Å². The molecule has 19 heavy (non-hydrogen) atoms. The molecule has 1 aliphatic rings. The van der Waals surface area contributed by atoms with Crippen molar-refractivity contribution in [3.63, 3.8) is 0 Å².